The summed E-state index contributed by atoms with van der Waals surface area (Å²) in [6, 6.07) is 0. The molecule has 0 fully saturated rings. The summed E-state index contributed by atoms with van der Waals surface area (Å²) in [4.78, 5) is 22.7. The van der Waals surface area contributed by atoms with Gasteiger partial charge < -0.3 is 23.7 Å². The van der Waals surface area contributed by atoms with Gasteiger partial charge in [0.2, 0.25) is 0 Å². The van der Waals surface area contributed by atoms with Crippen LogP contribution < -0.4 is 0 Å². The Bertz CT molecular complexity index is 350. The molecule has 0 saturated heterocycles. The van der Waals surface area contributed by atoms with Gasteiger partial charge in [-0.05, 0) is 27.2 Å². The number of hydrogen-bond acceptors (Lipinski definition) is 7. The predicted molar refractivity (Wildman–Crippen MR) is 93.4 cm³/mol. The van der Waals surface area contributed by atoms with Crippen molar-refractivity contribution in [1.29, 1.82) is 0 Å². The molecule has 0 heterocycles. The van der Waals surface area contributed by atoms with Crippen LogP contribution in [0.15, 0.2) is 0 Å². The van der Waals surface area contributed by atoms with Gasteiger partial charge in [0.1, 0.15) is 5.60 Å². The second-order valence-electron chi connectivity index (χ2n) is 6.50. The van der Waals surface area contributed by atoms with Crippen molar-refractivity contribution in [2.24, 2.45) is 0 Å². The van der Waals surface area contributed by atoms with Crippen LogP contribution in [0, 0.1) is 0 Å². The molecule has 0 N–H and O–H groups in total. The van der Waals surface area contributed by atoms with Crippen LogP contribution in [0.5, 0.6) is 0 Å². The lowest BCUT2D eigenvalue weighted by atomic mass is 10.2. The maximum atomic E-state index is 11.4. The van der Waals surface area contributed by atoms with Gasteiger partial charge in [-0.25, -0.2) is 0 Å². The quantitative estimate of drug-likeness (QED) is 0.327. The van der Waals surface area contributed by atoms with Gasteiger partial charge in [0.05, 0.1) is 59.1 Å². The lowest BCUT2D eigenvalue weighted by Crippen LogP contribution is -2.24. The summed E-state index contributed by atoms with van der Waals surface area (Å²) < 4.78 is 26.1. The Balaban J connectivity index is 3.26. The maximum Gasteiger partial charge on any atom is 0.308 e. The summed E-state index contributed by atoms with van der Waals surface area (Å²) in [6.45, 7) is 10.3. The minimum Gasteiger partial charge on any atom is -0.466 e. The van der Waals surface area contributed by atoms with Gasteiger partial charge in [0, 0.05) is 0 Å². The molecule has 0 aliphatic carbocycles. The van der Waals surface area contributed by atoms with Crippen LogP contribution in [0.4, 0.5) is 0 Å². The van der Waals surface area contributed by atoms with Crippen LogP contribution in [-0.2, 0) is 33.3 Å². The van der Waals surface area contributed by atoms with Gasteiger partial charge in [-0.3, -0.25) is 9.59 Å². The highest BCUT2D eigenvalue weighted by Crippen LogP contribution is 2.07. The van der Waals surface area contributed by atoms with Crippen molar-refractivity contribution >= 4 is 11.9 Å². The number of esters is 2. The molecule has 0 atom stereocenters. The Morgan fingerprint density at radius 3 is 1.68 bits per heavy atom. The number of ether oxygens (including phenoxy) is 5. The highest BCUT2D eigenvalue weighted by atomic mass is 16.6. The summed E-state index contributed by atoms with van der Waals surface area (Å²) in [5, 5.41) is 0. The molecule has 148 valence electrons. The smallest absolute Gasteiger partial charge is 0.308 e. The Labute approximate surface area is 151 Å². The fraction of sp³-hybridized carbons (Fsp3) is 0.889. The van der Waals surface area contributed by atoms with Gasteiger partial charge in [-0.15, -0.1) is 0 Å². The van der Waals surface area contributed by atoms with E-state index in [4.69, 9.17) is 23.7 Å². The highest BCUT2D eigenvalue weighted by molar-refractivity contribution is 5.70. The predicted octanol–water partition coefficient (Wildman–Crippen LogP) is 2.50. The molecule has 0 unspecified atom stereocenters. The van der Waals surface area contributed by atoms with Crippen LogP contribution in [-0.4, -0.2) is 63.8 Å². The summed E-state index contributed by atoms with van der Waals surface area (Å²) in [5.41, 5.74) is -0.466. The number of unbranched alkanes of at least 4 members (excludes halogenated alkanes) is 1. The van der Waals surface area contributed by atoms with Gasteiger partial charge >= 0.3 is 11.9 Å². The monoisotopic (exact) mass is 362 g/mol. The van der Waals surface area contributed by atoms with Gasteiger partial charge in [-0.1, -0.05) is 13.3 Å². The first-order chi connectivity index (χ1) is 11.8. The number of carbonyl (C=O) groups excluding carboxylic acids is 2. The SMILES string of the molecule is CCCCOC(=O)CCOCCOCCOCCC(=O)OC(C)(C)C. The largest absolute Gasteiger partial charge is 0.466 e. The Morgan fingerprint density at radius 1 is 0.720 bits per heavy atom. The Kier molecular flexibility index (Phi) is 14.4. The third-order valence-corrected chi connectivity index (χ3v) is 2.83. The second kappa shape index (κ2) is 15.1. The van der Waals surface area contributed by atoms with E-state index in [0.717, 1.165) is 12.8 Å². The van der Waals surface area contributed by atoms with E-state index in [-0.39, 0.29) is 24.8 Å². The minimum absolute atomic E-state index is 0.229. The van der Waals surface area contributed by atoms with E-state index in [1.54, 1.807) is 0 Å². The maximum absolute atomic E-state index is 11.4. The molecular weight excluding hydrogens is 328 g/mol. The van der Waals surface area contributed by atoms with Crippen molar-refractivity contribution in [2.75, 3.05) is 46.2 Å². The van der Waals surface area contributed by atoms with E-state index in [1.807, 2.05) is 27.7 Å². The van der Waals surface area contributed by atoms with Crippen molar-refractivity contribution in [3.05, 3.63) is 0 Å². The zero-order valence-corrected chi connectivity index (χ0v) is 16.1. The first-order valence-electron chi connectivity index (χ1n) is 8.96. The van der Waals surface area contributed by atoms with E-state index >= 15 is 0 Å². The molecule has 0 bridgehead atoms. The van der Waals surface area contributed by atoms with Crippen LogP contribution in [0.25, 0.3) is 0 Å². The zero-order valence-electron chi connectivity index (χ0n) is 16.1. The first-order valence-corrected chi connectivity index (χ1v) is 8.96. The van der Waals surface area contributed by atoms with Crippen LogP contribution in [0.3, 0.4) is 0 Å². The molecular formula is C18H34O7. The minimum atomic E-state index is -0.466. The molecule has 0 aliphatic heterocycles. The third kappa shape index (κ3) is 19.0. The molecule has 0 aromatic rings. The van der Waals surface area contributed by atoms with E-state index in [1.165, 1.54) is 0 Å². The number of rotatable bonds is 15. The molecule has 0 radical (unpaired) electrons. The summed E-state index contributed by atoms with van der Waals surface area (Å²) in [7, 11) is 0. The Hall–Kier alpha value is -1.18. The van der Waals surface area contributed by atoms with E-state index < -0.39 is 5.60 Å². The number of carbonyl (C=O) groups is 2. The zero-order chi connectivity index (χ0) is 19.0. The van der Waals surface area contributed by atoms with E-state index in [2.05, 4.69) is 0 Å². The van der Waals surface area contributed by atoms with E-state index in [0.29, 0.717) is 46.2 Å². The van der Waals surface area contributed by atoms with E-state index in [9.17, 15) is 9.59 Å². The number of hydrogen-bond donors (Lipinski definition) is 0. The lowest BCUT2D eigenvalue weighted by Gasteiger charge is -2.19. The molecule has 7 nitrogen and oxygen atoms in total. The normalized spacial score (nSPS) is 11.4. The van der Waals surface area contributed by atoms with Gasteiger partial charge in [0.25, 0.3) is 0 Å². The molecule has 0 spiro atoms. The average molecular weight is 362 g/mol. The van der Waals surface area contributed by atoms with Crippen molar-refractivity contribution in [1.82, 2.24) is 0 Å². The van der Waals surface area contributed by atoms with Crippen molar-refractivity contribution in [2.45, 2.75) is 59.0 Å². The topological polar surface area (TPSA) is 80.3 Å². The molecule has 0 rings (SSSR count). The highest BCUT2D eigenvalue weighted by Gasteiger charge is 2.15. The van der Waals surface area contributed by atoms with Gasteiger partial charge in [0.15, 0.2) is 0 Å². The van der Waals surface area contributed by atoms with Crippen molar-refractivity contribution in [3.63, 3.8) is 0 Å². The van der Waals surface area contributed by atoms with Crippen LogP contribution in [0.1, 0.15) is 53.4 Å². The molecule has 7 heteroatoms. The Morgan fingerprint density at radius 2 is 1.20 bits per heavy atom. The lowest BCUT2D eigenvalue weighted by molar-refractivity contribution is -0.156. The fourth-order valence-electron chi connectivity index (χ4n) is 1.65. The second-order valence-corrected chi connectivity index (χ2v) is 6.50. The molecule has 25 heavy (non-hydrogen) atoms. The van der Waals surface area contributed by atoms with Gasteiger partial charge in [-0.2, -0.15) is 0 Å². The summed E-state index contributed by atoms with van der Waals surface area (Å²) in [6.07, 6.45) is 2.39. The molecule has 0 saturated carbocycles. The van der Waals surface area contributed by atoms with Crippen molar-refractivity contribution in [3.8, 4) is 0 Å². The fourth-order valence-corrected chi connectivity index (χ4v) is 1.65. The molecule has 0 amide bonds. The average Bonchev–Trinajstić information content (AvgIpc) is 2.51. The standard InChI is InChI=1S/C18H34O7/c1-5-6-9-24-16(19)7-10-21-12-14-23-15-13-22-11-8-17(20)25-18(2,3)4/h5-15H2,1-4H3. The first kappa shape index (κ1) is 23.8. The van der Waals surface area contributed by atoms with Crippen LogP contribution >= 0.6 is 0 Å². The van der Waals surface area contributed by atoms with Crippen LogP contribution in [0.2, 0.25) is 0 Å². The molecule has 0 aromatic carbocycles. The molecule has 0 aliphatic rings. The van der Waals surface area contributed by atoms with Crippen molar-refractivity contribution < 1.29 is 33.3 Å². The summed E-state index contributed by atoms with van der Waals surface area (Å²) in [5.74, 6) is -0.497. The summed E-state index contributed by atoms with van der Waals surface area (Å²) >= 11 is 0. The third-order valence-electron chi connectivity index (χ3n) is 2.83. The molecule has 0 aromatic heterocycles.